The minimum atomic E-state index is -0.00864. The molecule has 5 heteroatoms. The van der Waals surface area contributed by atoms with E-state index in [1.165, 1.54) is 12.8 Å². The normalized spacial score (nSPS) is 10.3. The Morgan fingerprint density at radius 2 is 2.22 bits per heavy atom. The number of nitrogen functional groups attached to an aromatic ring is 1. The summed E-state index contributed by atoms with van der Waals surface area (Å²) in [6, 6.07) is 5.07. The van der Waals surface area contributed by atoms with Crippen LogP contribution in [0.2, 0.25) is 5.02 Å². The second-order valence-corrected chi connectivity index (χ2v) is 5.64. The molecule has 0 saturated heterocycles. The number of halogens is 1. The molecule has 0 radical (unpaired) electrons. The van der Waals surface area contributed by atoms with Crippen LogP contribution < -0.4 is 11.1 Å². The molecule has 0 aliphatic carbocycles. The maximum absolute atomic E-state index is 11.7. The van der Waals surface area contributed by atoms with E-state index >= 15 is 0 Å². The molecule has 0 fully saturated rings. The average Bonchev–Trinajstić information content (AvgIpc) is 2.32. The van der Waals surface area contributed by atoms with Crippen LogP contribution in [0.4, 0.5) is 11.4 Å². The van der Waals surface area contributed by atoms with Gasteiger partial charge in [0.05, 0.1) is 10.7 Å². The van der Waals surface area contributed by atoms with Crippen molar-refractivity contribution in [3.8, 4) is 0 Å². The van der Waals surface area contributed by atoms with Crippen molar-refractivity contribution >= 4 is 40.6 Å². The molecular weight excluding hydrogens is 268 g/mol. The van der Waals surface area contributed by atoms with Gasteiger partial charge in [-0.05, 0) is 30.4 Å². The fourth-order valence-corrected chi connectivity index (χ4v) is 2.62. The molecule has 1 rings (SSSR count). The Kier molecular flexibility index (Phi) is 6.98. The lowest BCUT2D eigenvalue weighted by molar-refractivity contribution is -0.115. The molecule has 18 heavy (non-hydrogen) atoms. The smallest absolute Gasteiger partial charge is 0.225 e. The zero-order valence-corrected chi connectivity index (χ0v) is 12.1. The first kappa shape index (κ1) is 15.2. The Balaban J connectivity index is 2.31. The second kappa shape index (κ2) is 8.27. The molecule has 1 amide bonds. The number of carbonyl (C=O) groups is 1. The van der Waals surface area contributed by atoms with Crippen molar-refractivity contribution in [1.82, 2.24) is 0 Å². The number of amides is 1. The van der Waals surface area contributed by atoms with E-state index in [-0.39, 0.29) is 5.91 Å². The molecule has 0 aromatic heterocycles. The Morgan fingerprint density at radius 1 is 1.44 bits per heavy atom. The fraction of sp³-hybridized carbons (Fsp3) is 0.462. The van der Waals surface area contributed by atoms with Crippen LogP contribution in [-0.4, -0.2) is 17.4 Å². The van der Waals surface area contributed by atoms with E-state index in [9.17, 15) is 4.79 Å². The van der Waals surface area contributed by atoms with E-state index in [0.717, 1.165) is 11.5 Å². The number of hydrogen-bond acceptors (Lipinski definition) is 3. The van der Waals surface area contributed by atoms with Gasteiger partial charge in [0.25, 0.3) is 0 Å². The number of carbonyl (C=O) groups excluding carboxylic acids is 1. The first-order valence-electron chi connectivity index (χ1n) is 6.06. The standard InChI is InChI=1S/C13H19ClN2OS/c1-2-3-7-18-8-6-13(17)16-12-5-4-10(15)9-11(12)14/h4-5,9H,2-3,6-8,15H2,1H3,(H,16,17). The topological polar surface area (TPSA) is 55.1 Å². The predicted molar refractivity (Wildman–Crippen MR) is 81.3 cm³/mol. The summed E-state index contributed by atoms with van der Waals surface area (Å²) >= 11 is 7.79. The zero-order valence-electron chi connectivity index (χ0n) is 10.5. The van der Waals surface area contributed by atoms with Crippen LogP contribution in [0.1, 0.15) is 26.2 Å². The molecule has 0 aliphatic rings. The van der Waals surface area contributed by atoms with Gasteiger partial charge in [0.2, 0.25) is 5.91 Å². The number of hydrogen-bond donors (Lipinski definition) is 2. The van der Waals surface area contributed by atoms with Crippen molar-refractivity contribution in [1.29, 1.82) is 0 Å². The van der Waals surface area contributed by atoms with Crippen molar-refractivity contribution in [2.75, 3.05) is 22.6 Å². The van der Waals surface area contributed by atoms with E-state index in [1.54, 1.807) is 18.2 Å². The molecule has 0 saturated carbocycles. The number of benzene rings is 1. The highest BCUT2D eigenvalue weighted by Gasteiger charge is 2.05. The van der Waals surface area contributed by atoms with Gasteiger partial charge in [-0.1, -0.05) is 24.9 Å². The van der Waals surface area contributed by atoms with Gasteiger partial charge < -0.3 is 11.1 Å². The molecular formula is C13H19ClN2OS. The van der Waals surface area contributed by atoms with Crippen molar-refractivity contribution < 1.29 is 4.79 Å². The van der Waals surface area contributed by atoms with Crippen LogP contribution >= 0.6 is 23.4 Å². The van der Waals surface area contributed by atoms with Gasteiger partial charge in [-0.25, -0.2) is 0 Å². The number of rotatable bonds is 7. The van der Waals surface area contributed by atoms with Crippen LogP contribution in [0.25, 0.3) is 0 Å². The van der Waals surface area contributed by atoms with Crippen LogP contribution in [0, 0.1) is 0 Å². The van der Waals surface area contributed by atoms with E-state index in [4.69, 9.17) is 17.3 Å². The summed E-state index contributed by atoms with van der Waals surface area (Å²) in [7, 11) is 0. The largest absolute Gasteiger partial charge is 0.399 e. The third-order valence-electron chi connectivity index (χ3n) is 2.38. The van der Waals surface area contributed by atoms with E-state index in [0.29, 0.717) is 22.8 Å². The highest BCUT2D eigenvalue weighted by molar-refractivity contribution is 7.99. The van der Waals surface area contributed by atoms with Crippen LogP contribution in [0.3, 0.4) is 0 Å². The highest BCUT2D eigenvalue weighted by Crippen LogP contribution is 2.24. The number of unbranched alkanes of at least 4 members (excludes halogenated alkanes) is 1. The average molecular weight is 287 g/mol. The Bertz CT molecular complexity index is 399. The molecule has 100 valence electrons. The molecule has 3 nitrogen and oxygen atoms in total. The third kappa shape index (κ3) is 5.65. The summed E-state index contributed by atoms with van der Waals surface area (Å²) in [6.45, 7) is 2.16. The number of nitrogens with one attached hydrogen (secondary N) is 1. The maximum atomic E-state index is 11.7. The summed E-state index contributed by atoms with van der Waals surface area (Å²) in [6.07, 6.45) is 2.91. The molecule has 1 aromatic carbocycles. The minimum absolute atomic E-state index is 0.00864. The zero-order chi connectivity index (χ0) is 13.4. The van der Waals surface area contributed by atoms with Gasteiger partial charge in [-0.3, -0.25) is 4.79 Å². The van der Waals surface area contributed by atoms with Gasteiger partial charge in [-0.2, -0.15) is 11.8 Å². The maximum Gasteiger partial charge on any atom is 0.225 e. The quantitative estimate of drug-likeness (QED) is 0.592. The number of nitrogens with two attached hydrogens (primary N) is 1. The lowest BCUT2D eigenvalue weighted by atomic mass is 10.3. The summed E-state index contributed by atoms with van der Waals surface area (Å²) in [4.78, 5) is 11.7. The number of thioether (sulfide) groups is 1. The molecule has 0 aliphatic heterocycles. The monoisotopic (exact) mass is 286 g/mol. The van der Waals surface area contributed by atoms with Crippen LogP contribution in [0.15, 0.2) is 18.2 Å². The summed E-state index contributed by atoms with van der Waals surface area (Å²) in [5.41, 5.74) is 6.80. The molecule has 0 heterocycles. The summed E-state index contributed by atoms with van der Waals surface area (Å²) in [5.74, 6) is 1.95. The Labute approximate surface area is 117 Å². The van der Waals surface area contributed by atoms with E-state index in [1.807, 2.05) is 11.8 Å². The van der Waals surface area contributed by atoms with Crippen molar-refractivity contribution in [3.63, 3.8) is 0 Å². The van der Waals surface area contributed by atoms with Crippen LogP contribution in [0.5, 0.6) is 0 Å². The van der Waals surface area contributed by atoms with Crippen molar-refractivity contribution in [3.05, 3.63) is 23.2 Å². The Morgan fingerprint density at radius 3 is 2.89 bits per heavy atom. The van der Waals surface area contributed by atoms with Gasteiger partial charge in [0.1, 0.15) is 0 Å². The summed E-state index contributed by atoms with van der Waals surface area (Å²) < 4.78 is 0. The lowest BCUT2D eigenvalue weighted by Crippen LogP contribution is -2.12. The van der Waals surface area contributed by atoms with Gasteiger partial charge in [0.15, 0.2) is 0 Å². The van der Waals surface area contributed by atoms with E-state index < -0.39 is 0 Å². The molecule has 0 spiro atoms. The molecule has 0 atom stereocenters. The van der Waals surface area contributed by atoms with E-state index in [2.05, 4.69) is 12.2 Å². The minimum Gasteiger partial charge on any atom is -0.399 e. The number of anilines is 2. The fourth-order valence-electron chi connectivity index (χ4n) is 1.36. The third-order valence-corrected chi connectivity index (χ3v) is 3.77. The predicted octanol–water partition coefficient (Wildman–Crippen LogP) is 3.78. The first-order valence-corrected chi connectivity index (χ1v) is 7.59. The SMILES string of the molecule is CCCCSCCC(=O)Nc1ccc(N)cc1Cl. The molecule has 3 N–H and O–H groups in total. The van der Waals surface area contributed by atoms with Gasteiger partial charge >= 0.3 is 0 Å². The molecule has 0 unspecified atom stereocenters. The van der Waals surface area contributed by atoms with Crippen LogP contribution in [-0.2, 0) is 4.79 Å². The van der Waals surface area contributed by atoms with Gasteiger partial charge in [0, 0.05) is 17.9 Å². The first-order chi connectivity index (χ1) is 8.63. The summed E-state index contributed by atoms with van der Waals surface area (Å²) in [5, 5.41) is 3.26. The van der Waals surface area contributed by atoms with Gasteiger partial charge in [-0.15, -0.1) is 0 Å². The lowest BCUT2D eigenvalue weighted by Gasteiger charge is -2.07. The van der Waals surface area contributed by atoms with Crippen molar-refractivity contribution in [2.24, 2.45) is 0 Å². The van der Waals surface area contributed by atoms with Crippen molar-refractivity contribution in [2.45, 2.75) is 26.2 Å². The highest BCUT2D eigenvalue weighted by atomic mass is 35.5. The molecule has 0 bridgehead atoms. The molecule has 1 aromatic rings. The second-order valence-electron chi connectivity index (χ2n) is 4.00. The Hall–Kier alpha value is -0.870.